The SMILES string of the molecule is COc1ccc(-n2c(CN3CCC(C#N)CC3)nc3ccccc32)cc1. The summed E-state index contributed by atoms with van der Waals surface area (Å²) in [5, 5.41) is 9.10. The fraction of sp³-hybridized carbons (Fsp3) is 0.333. The summed E-state index contributed by atoms with van der Waals surface area (Å²) in [6.07, 6.45) is 1.89. The van der Waals surface area contributed by atoms with E-state index >= 15 is 0 Å². The van der Waals surface area contributed by atoms with Crippen molar-refractivity contribution in [3.05, 3.63) is 54.4 Å². The van der Waals surface area contributed by atoms with Crippen LogP contribution < -0.4 is 4.74 Å². The Balaban J connectivity index is 1.69. The molecule has 1 aromatic heterocycles. The lowest BCUT2D eigenvalue weighted by Gasteiger charge is -2.28. The molecular weight excluding hydrogens is 324 g/mol. The summed E-state index contributed by atoms with van der Waals surface area (Å²) >= 11 is 0. The van der Waals surface area contributed by atoms with Crippen LogP contribution in [0.15, 0.2) is 48.5 Å². The summed E-state index contributed by atoms with van der Waals surface area (Å²) in [6, 6.07) is 18.7. The molecule has 2 aromatic carbocycles. The van der Waals surface area contributed by atoms with Crippen LogP contribution in [0.25, 0.3) is 16.7 Å². The van der Waals surface area contributed by atoms with Gasteiger partial charge >= 0.3 is 0 Å². The van der Waals surface area contributed by atoms with Crippen LogP contribution >= 0.6 is 0 Å². The van der Waals surface area contributed by atoms with E-state index in [4.69, 9.17) is 15.0 Å². The summed E-state index contributed by atoms with van der Waals surface area (Å²) in [5.41, 5.74) is 3.20. The van der Waals surface area contributed by atoms with Crippen LogP contribution in [0.5, 0.6) is 5.75 Å². The maximum absolute atomic E-state index is 9.10. The molecule has 0 aliphatic carbocycles. The third kappa shape index (κ3) is 3.16. The van der Waals surface area contributed by atoms with E-state index in [9.17, 15) is 0 Å². The molecule has 0 unspecified atom stereocenters. The van der Waals surface area contributed by atoms with Crippen LogP contribution in [0, 0.1) is 17.2 Å². The van der Waals surface area contributed by atoms with Gasteiger partial charge in [-0.3, -0.25) is 9.47 Å². The third-order valence-electron chi connectivity index (χ3n) is 5.10. The van der Waals surface area contributed by atoms with E-state index in [1.165, 1.54) is 0 Å². The van der Waals surface area contributed by atoms with Gasteiger partial charge in [-0.2, -0.15) is 5.26 Å². The van der Waals surface area contributed by atoms with Gasteiger partial charge in [0.15, 0.2) is 0 Å². The second-order valence-corrected chi connectivity index (χ2v) is 6.73. The van der Waals surface area contributed by atoms with Crippen molar-refractivity contribution in [1.29, 1.82) is 5.26 Å². The quantitative estimate of drug-likeness (QED) is 0.722. The predicted octanol–water partition coefficient (Wildman–Crippen LogP) is 3.77. The van der Waals surface area contributed by atoms with E-state index < -0.39 is 0 Å². The zero-order chi connectivity index (χ0) is 17.9. The summed E-state index contributed by atoms with van der Waals surface area (Å²) in [4.78, 5) is 7.29. The summed E-state index contributed by atoms with van der Waals surface area (Å²) in [7, 11) is 1.68. The van der Waals surface area contributed by atoms with Crippen molar-refractivity contribution in [2.75, 3.05) is 20.2 Å². The van der Waals surface area contributed by atoms with Crippen molar-refractivity contribution in [2.24, 2.45) is 5.92 Å². The van der Waals surface area contributed by atoms with Crippen LogP contribution in [-0.4, -0.2) is 34.7 Å². The van der Waals surface area contributed by atoms with Crippen molar-refractivity contribution in [2.45, 2.75) is 19.4 Å². The lowest BCUT2D eigenvalue weighted by atomic mass is 9.99. The number of methoxy groups -OCH3 is 1. The molecule has 0 spiro atoms. The van der Waals surface area contributed by atoms with Crippen molar-refractivity contribution in [1.82, 2.24) is 14.5 Å². The molecule has 5 nitrogen and oxygen atoms in total. The highest BCUT2D eigenvalue weighted by atomic mass is 16.5. The van der Waals surface area contributed by atoms with E-state index in [1.54, 1.807) is 7.11 Å². The number of para-hydroxylation sites is 2. The van der Waals surface area contributed by atoms with E-state index in [0.29, 0.717) is 0 Å². The number of hydrogen-bond acceptors (Lipinski definition) is 4. The molecule has 0 atom stereocenters. The Morgan fingerprint density at radius 2 is 1.85 bits per heavy atom. The van der Waals surface area contributed by atoms with Crippen molar-refractivity contribution >= 4 is 11.0 Å². The number of benzene rings is 2. The van der Waals surface area contributed by atoms with E-state index in [2.05, 4.69) is 39.8 Å². The minimum atomic E-state index is 0.201. The van der Waals surface area contributed by atoms with Crippen LogP contribution in [0.2, 0.25) is 0 Å². The van der Waals surface area contributed by atoms with E-state index in [1.807, 2.05) is 24.3 Å². The first kappa shape index (κ1) is 16.6. The predicted molar refractivity (Wildman–Crippen MR) is 101 cm³/mol. The van der Waals surface area contributed by atoms with Gasteiger partial charge in [0, 0.05) is 11.6 Å². The average molecular weight is 346 g/mol. The second-order valence-electron chi connectivity index (χ2n) is 6.73. The molecule has 26 heavy (non-hydrogen) atoms. The maximum atomic E-state index is 9.10. The molecule has 4 rings (SSSR count). The van der Waals surface area contributed by atoms with Crippen molar-refractivity contribution < 1.29 is 4.74 Å². The molecule has 132 valence electrons. The van der Waals surface area contributed by atoms with Crippen molar-refractivity contribution in [3.63, 3.8) is 0 Å². The molecule has 2 heterocycles. The highest BCUT2D eigenvalue weighted by Crippen LogP contribution is 2.25. The number of fused-ring (bicyclic) bond motifs is 1. The van der Waals surface area contributed by atoms with Gasteiger partial charge in [0.25, 0.3) is 0 Å². The number of rotatable bonds is 4. The number of likely N-dealkylation sites (tertiary alicyclic amines) is 1. The van der Waals surface area contributed by atoms with Gasteiger partial charge in [-0.25, -0.2) is 4.98 Å². The Kier molecular flexibility index (Phi) is 4.59. The number of imidazole rings is 1. The molecule has 0 amide bonds. The molecule has 1 aliphatic heterocycles. The number of aromatic nitrogens is 2. The van der Waals surface area contributed by atoms with Gasteiger partial charge in [-0.15, -0.1) is 0 Å². The Hall–Kier alpha value is -2.84. The molecule has 1 saturated heterocycles. The number of piperidine rings is 1. The molecule has 0 saturated carbocycles. The zero-order valence-corrected chi connectivity index (χ0v) is 14.9. The molecule has 0 bridgehead atoms. The monoisotopic (exact) mass is 346 g/mol. The minimum absolute atomic E-state index is 0.201. The Bertz CT molecular complexity index is 931. The Morgan fingerprint density at radius 1 is 1.12 bits per heavy atom. The number of nitriles is 1. The van der Waals surface area contributed by atoms with E-state index in [0.717, 1.165) is 60.8 Å². The van der Waals surface area contributed by atoms with Gasteiger partial charge in [0.2, 0.25) is 0 Å². The van der Waals surface area contributed by atoms with Crippen LogP contribution in [0.3, 0.4) is 0 Å². The van der Waals surface area contributed by atoms with Gasteiger partial charge in [-0.1, -0.05) is 12.1 Å². The van der Waals surface area contributed by atoms with Gasteiger partial charge in [-0.05, 0) is 62.3 Å². The first-order valence-electron chi connectivity index (χ1n) is 9.01. The summed E-state index contributed by atoms with van der Waals surface area (Å²) in [6.45, 7) is 2.69. The lowest BCUT2D eigenvalue weighted by Crippen LogP contribution is -2.33. The van der Waals surface area contributed by atoms with Crippen LogP contribution in [0.4, 0.5) is 0 Å². The number of nitrogens with zero attached hydrogens (tertiary/aromatic N) is 4. The lowest BCUT2D eigenvalue weighted by molar-refractivity contribution is 0.193. The minimum Gasteiger partial charge on any atom is -0.497 e. The highest BCUT2D eigenvalue weighted by molar-refractivity contribution is 5.78. The topological polar surface area (TPSA) is 54.1 Å². The third-order valence-corrected chi connectivity index (χ3v) is 5.10. The van der Waals surface area contributed by atoms with Gasteiger partial charge < -0.3 is 4.74 Å². The molecule has 0 radical (unpaired) electrons. The normalized spacial score (nSPS) is 15.8. The number of hydrogen-bond donors (Lipinski definition) is 0. The van der Waals surface area contributed by atoms with Gasteiger partial charge in [0.05, 0.1) is 30.8 Å². The summed E-state index contributed by atoms with van der Waals surface area (Å²) < 4.78 is 7.51. The first-order chi connectivity index (χ1) is 12.8. The summed E-state index contributed by atoms with van der Waals surface area (Å²) in [5.74, 6) is 2.08. The maximum Gasteiger partial charge on any atom is 0.128 e. The van der Waals surface area contributed by atoms with Crippen LogP contribution in [-0.2, 0) is 6.54 Å². The Labute approximate surface area is 153 Å². The zero-order valence-electron chi connectivity index (χ0n) is 14.9. The van der Waals surface area contributed by atoms with Crippen LogP contribution in [0.1, 0.15) is 18.7 Å². The fourth-order valence-electron chi connectivity index (χ4n) is 3.62. The molecule has 1 fully saturated rings. The van der Waals surface area contributed by atoms with E-state index in [-0.39, 0.29) is 5.92 Å². The van der Waals surface area contributed by atoms with Gasteiger partial charge in [0.1, 0.15) is 11.6 Å². The molecule has 5 heteroatoms. The highest BCUT2D eigenvalue weighted by Gasteiger charge is 2.21. The smallest absolute Gasteiger partial charge is 0.128 e. The van der Waals surface area contributed by atoms with Crippen molar-refractivity contribution in [3.8, 4) is 17.5 Å². The second kappa shape index (κ2) is 7.19. The molecule has 3 aromatic rings. The fourth-order valence-corrected chi connectivity index (χ4v) is 3.62. The standard InChI is InChI=1S/C21H22N4O/c1-26-18-8-6-17(7-9-18)25-20-5-3-2-4-19(20)23-21(25)15-24-12-10-16(14-22)11-13-24/h2-9,16H,10-13,15H2,1H3. The molecular formula is C21H22N4O. The molecule has 0 N–H and O–H groups in total. The largest absolute Gasteiger partial charge is 0.497 e. The first-order valence-corrected chi connectivity index (χ1v) is 9.01. The Morgan fingerprint density at radius 3 is 2.54 bits per heavy atom. The molecule has 1 aliphatic rings. The number of ether oxygens (including phenoxy) is 1. The average Bonchev–Trinajstić information content (AvgIpc) is 3.06.